The molecule has 0 saturated carbocycles. The molecule has 3 aromatic heterocycles. The van der Waals surface area contributed by atoms with E-state index in [9.17, 15) is 0 Å². The van der Waals surface area contributed by atoms with E-state index in [1.165, 1.54) is 0 Å². The van der Waals surface area contributed by atoms with Gasteiger partial charge in [-0.2, -0.15) is 10.1 Å². The first-order chi connectivity index (χ1) is 12.8. The van der Waals surface area contributed by atoms with Gasteiger partial charge in [0.15, 0.2) is 5.65 Å². The van der Waals surface area contributed by atoms with Crippen molar-refractivity contribution in [3.8, 4) is 5.88 Å². The molecule has 0 unspecified atom stereocenters. The van der Waals surface area contributed by atoms with Gasteiger partial charge in [0.1, 0.15) is 11.9 Å². The molecule has 0 aliphatic carbocycles. The summed E-state index contributed by atoms with van der Waals surface area (Å²) in [5, 5.41) is 4.15. The van der Waals surface area contributed by atoms with Gasteiger partial charge in [0.25, 0.3) is 0 Å². The van der Waals surface area contributed by atoms with Gasteiger partial charge in [0.2, 0.25) is 5.88 Å². The summed E-state index contributed by atoms with van der Waals surface area (Å²) in [4.78, 5) is 16.0. The minimum Gasteiger partial charge on any atom is -0.474 e. The van der Waals surface area contributed by atoms with E-state index in [4.69, 9.17) is 9.72 Å². The third-order valence-corrected chi connectivity index (χ3v) is 4.72. The van der Waals surface area contributed by atoms with Crippen molar-refractivity contribution >= 4 is 22.5 Å². The summed E-state index contributed by atoms with van der Waals surface area (Å²) in [5.41, 5.74) is 2.66. The molecule has 0 bridgehead atoms. The number of para-hydroxylation sites is 2. The normalized spacial score (nSPS) is 15.6. The van der Waals surface area contributed by atoms with Crippen molar-refractivity contribution in [2.75, 3.05) is 18.0 Å². The molecule has 4 heterocycles. The summed E-state index contributed by atoms with van der Waals surface area (Å²) in [5.74, 6) is 1.59. The van der Waals surface area contributed by atoms with Crippen molar-refractivity contribution < 1.29 is 4.74 Å². The van der Waals surface area contributed by atoms with E-state index in [-0.39, 0.29) is 6.10 Å². The lowest BCUT2D eigenvalue weighted by atomic mass is 10.1. The van der Waals surface area contributed by atoms with E-state index < -0.39 is 0 Å². The van der Waals surface area contributed by atoms with Crippen LogP contribution in [0.15, 0.2) is 55.0 Å². The van der Waals surface area contributed by atoms with E-state index >= 15 is 0 Å². The van der Waals surface area contributed by atoms with Crippen LogP contribution >= 0.6 is 0 Å². The second kappa shape index (κ2) is 6.25. The highest BCUT2D eigenvalue weighted by molar-refractivity contribution is 5.75. The molecule has 0 N–H and O–H groups in total. The number of anilines is 1. The summed E-state index contributed by atoms with van der Waals surface area (Å²) in [6, 6.07) is 11.7. The van der Waals surface area contributed by atoms with Crippen LogP contribution in [0, 0.1) is 0 Å². The van der Waals surface area contributed by atoms with Crippen LogP contribution in [0.4, 0.5) is 5.82 Å². The summed E-state index contributed by atoms with van der Waals surface area (Å²) in [6.45, 7) is 1.79. The fraction of sp³-hybridized carbons (Fsp3) is 0.263. The maximum atomic E-state index is 6.07. The SMILES string of the molecule is c1ccc2nc(N3CCC(Oc4ccn5nccc5n4)CC3)cnc2c1. The standard InChI is InChI=1S/C19H18N6O/c1-2-4-16-15(3-1)20-13-18(22-16)24-10-6-14(7-11-24)26-19-8-12-25-17(23-19)5-9-21-25/h1-5,8-9,12-14H,6-7,10-11H2. The highest BCUT2D eigenvalue weighted by Crippen LogP contribution is 2.22. The molecule has 0 atom stereocenters. The third kappa shape index (κ3) is 2.81. The molecule has 130 valence electrons. The zero-order valence-electron chi connectivity index (χ0n) is 14.2. The smallest absolute Gasteiger partial charge is 0.217 e. The Morgan fingerprint density at radius 2 is 1.81 bits per heavy atom. The van der Waals surface area contributed by atoms with Crippen molar-refractivity contribution in [2.24, 2.45) is 0 Å². The largest absolute Gasteiger partial charge is 0.474 e. The first kappa shape index (κ1) is 15.1. The Balaban J connectivity index is 1.26. The molecule has 4 aromatic rings. The molecule has 5 rings (SSSR count). The van der Waals surface area contributed by atoms with Gasteiger partial charge in [-0.3, -0.25) is 4.98 Å². The van der Waals surface area contributed by atoms with Crippen LogP contribution in [0.3, 0.4) is 0 Å². The average Bonchev–Trinajstić information content (AvgIpc) is 3.16. The molecule has 1 aromatic carbocycles. The first-order valence-corrected chi connectivity index (χ1v) is 8.79. The van der Waals surface area contributed by atoms with Gasteiger partial charge in [0, 0.05) is 44.3 Å². The lowest BCUT2D eigenvalue weighted by molar-refractivity contribution is 0.164. The van der Waals surface area contributed by atoms with Crippen LogP contribution in [-0.2, 0) is 0 Å². The molecule has 1 aliphatic rings. The highest BCUT2D eigenvalue weighted by atomic mass is 16.5. The Morgan fingerprint density at radius 1 is 0.962 bits per heavy atom. The Morgan fingerprint density at radius 3 is 2.69 bits per heavy atom. The number of rotatable bonds is 3. The van der Waals surface area contributed by atoms with Crippen LogP contribution in [0.25, 0.3) is 16.7 Å². The lowest BCUT2D eigenvalue weighted by Crippen LogP contribution is -2.38. The van der Waals surface area contributed by atoms with Crippen LogP contribution in [0.2, 0.25) is 0 Å². The van der Waals surface area contributed by atoms with Crippen molar-refractivity contribution in [1.29, 1.82) is 0 Å². The van der Waals surface area contributed by atoms with Gasteiger partial charge in [-0.1, -0.05) is 12.1 Å². The summed E-state index contributed by atoms with van der Waals surface area (Å²) < 4.78 is 7.80. The number of piperidine rings is 1. The molecule has 1 saturated heterocycles. The van der Waals surface area contributed by atoms with E-state index in [1.54, 1.807) is 10.7 Å². The molecular weight excluding hydrogens is 328 g/mol. The zero-order chi connectivity index (χ0) is 17.3. The van der Waals surface area contributed by atoms with Gasteiger partial charge in [-0.15, -0.1) is 0 Å². The molecule has 7 heteroatoms. The maximum absolute atomic E-state index is 6.07. The molecule has 0 spiro atoms. The number of hydrogen-bond donors (Lipinski definition) is 0. The predicted octanol–water partition coefficient (Wildman–Crippen LogP) is 2.72. The first-order valence-electron chi connectivity index (χ1n) is 8.79. The molecule has 0 amide bonds. The maximum Gasteiger partial charge on any atom is 0.217 e. The highest BCUT2D eigenvalue weighted by Gasteiger charge is 2.22. The van der Waals surface area contributed by atoms with Crippen molar-refractivity contribution in [1.82, 2.24) is 24.6 Å². The van der Waals surface area contributed by atoms with Gasteiger partial charge in [-0.25, -0.2) is 9.50 Å². The van der Waals surface area contributed by atoms with Gasteiger partial charge < -0.3 is 9.64 Å². The predicted molar refractivity (Wildman–Crippen MR) is 98.4 cm³/mol. The monoisotopic (exact) mass is 346 g/mol. The Kier molecular flexibility index (Phi) is 3.62. The number of aromatic nitrogens is 5. The topological polar surface area (TPSA) is 68.4 Å². The van der Waals surface area contributed by atoms with Crippen molar-refractivity contribution in [3.05, 3.63) is 55.0 Å². The summed E-state index contributed by atoms with van der Waals surface area (Å²) >= 11 is 0. The quantitative estimate of drug-likeness (QED) is 0.568. The van der Waals surface area contributed by atoms with Gasteiger partial charge in [-0.05, 0) is 12.1 Å². The number of fused-ring (bicyclic) bond motifs is 2. The second-order valence-corrected chi connectivity index (χ2v) is 6.42. The fourth-order valence-electron chi connectivity index (χ4n) is 3.33. The third-order valence-electron chi connectivity index (χ3n) is 4.72. The lowest BCUT2D eigenvalue weighted by Gasteiger charge is -2.32. The average molecular weight is 346 g/mol. The van der Waals surface area contributed by atoms with Gasteiger partial charge in [0.05, 0.1) is 23.4 Å². The molecule has 26 heavy (non-hydrogen) atoms. The minimum absolute atomic E-state index is 0.164. The van der Waals surface area contributed by atoms with E-state index in [0.29, 0.717) is 5.88 Å². The Hall–Kier alpha value is -3.22. The van der Waals surface area contributed by atoms with Crippen LogP contribution in [0.5, 0.6) is 5.88 Å². The van der Waals surface area contributed by atoms with Crippen LogP contribution in [-0.4, -0.2) is 43.8 Å². The summed E-state index contributed by atoms with van der Waals surface area (Å²) in [7, 11) is 0. The van der Waals surface area contributed by atoms with Crippen molar-refractivity contribution in [3.63, 3.8) is 0 Å². The number of benzene rings is 1. The van der Waals surface area contributed by atoms with Crippen molar-refractivity contribution in [2.45, 2.75) is 18.9 Å². The van der Waals surface area contributed by atoms with E-state index in [1.807, 2.05) is 48.8 Å². The molecule has 0 radical (unpaired) electrons. The van der Waals surface area contributed by atoms with Crippen LogP contribution < -0.4 is 9.64 Å². The molecule has 7 nitrogen and oxygen atoms in total. The second-order valence-electron chi connectivity index (χ2n) is 6.42. The molecule has 1 fully saturated rings. The van der Waals surface area contributed by atoms with Gasteiger partial charge >= 0.3 is 0 Å². The Labute approximate surface area is 150 Å². The zero-order valence-corrected chi connectivity index (χ0v) is 14.2. The van der Waals surface area contributed by atoms with E-state index in [0.717, 1.165) is 48.4 Å². The fourth-order valence-corrected chi connectivity index (χ4v) is 3.33. The minimum atomic E-state index is 0.164. The molecule has 1 aliphatic heterocycles. The number of hydrogen-bond acceptors (Lipinski definition) is 6. The number of ether oxygens (including phenoxy) is 1. The number of nitrogens with zero attached hydrogens (tertiary/aromatic N) is 6. The van der Waals surface area contributed by atoms with Crippen LogP contribution in [0.1, 0.15) is 12.8 Å². The summed E-state index contributed by atoms with van der Waals surface area (Å²) in [6.07, 6.45) is 7.49. The molecular formula is C19H18N6O. The van der Waals surface area contributed by atoms with E-state index in [2.05, 4.69) is 20.0 Å². The Bertz CT molecular complexity index is 1050.